The molecule has 1 heterocycles. The smallest absolute Gasteiger partial charge is 0.303 e. The molecule has 0 radical (unpaired) electrons. The van der Waals surface area contributed by atoms with Crippen molar-refractivity contribution in [3.63, 3.8) is 0 Å². The Kier molecular flexibility index (Phi) is 2.96. The molecule has 0 aliphatic carbocycles. The Bertz CT molecular complexity index is 465. The lowest BCUT2D eigenvalue weighted by Gasteiger charge is -1.98. The van der Waals surface area contributed by atoms with Crippen molar-refractivity contribution in [3.05, 3.63) is 35.5 Å². The lowest BCUT2D eigenvalue weighted by molar-refractivity contribution is -0.115. The summed E-state index contributed by atoms with van der Waals surface area (Å²) in [5.41, 5.74) is 1.16. The largest absolute Gasteiger partial charge is 0.326 e. The third kappa shape index (κ3) is 2.25. The lowest BCUT2D eigenvalue weighted by Crippen LogP contribution is -2.22. The zero-order valence-corrected chi connectivity index (χ0v) is 9.43. The van der Waals surface area contributed by atoms with Gasteiger partial charge < -0.3 is 5.32 Å². The first-order valence-electron chi connectivity index (χ1n) is 4.67. The van der Waals surface area contributed by atoms with Crippen molar-refractivity contribution in [2.45, 2.75) is 4.90 Å². The molecule has 5 heteroatoms. The molecular weight excluding hydrogens is 224 g/mol. The number of thioether (sulfide) groups is 1. The number of hydrogen-bond acceptors (Lipinski definition) is 3. The molecule has 0 saturated carbocycles. The molecule has 3 amide bonds. The second-order valence-electron chi connectivity index (χ2n) is 3.24. The first-order chi connectivity index (χ1) is 7.69. The second-order valence-corrected chi connectivity index (χ2v) is 4.12. The average Bonchev–Trinajstić information content (AvgIpc) is 2.59. The van der Waals surface area contributed by atoms with Gasteiger partial charge in [-0.3, -0.25) is 10.1 Å². The quantitative estimate of drug-likeness (QED) is 0.464. The molecular formula is C11H10N2O2S. The fraction of sp³-hybridized carbons (Fsp3) is 0.0909. The van der Waals surface area contributed by atoms with E-state index in [2.05, 4.69) is 10.6 Å². The zero-order chi connectivity index (χ0) is 11.5. The van der Waals surface area contributed by atoms with E-state index in [4.69, 9.17) is 0 Å². The van der Waals surface area contributed by atoms with Gasteiger partial charge in [-0.15, -0.1) is 11.8 Å². The van der Waals surface area contributed by atoms with Gasteiger partial charge in [-0.05, 0) is 30.0 Å². The summed E-state index contributed by atoms with van der Waals surface area (Å²) in [5.74, 6) is -0.390. The van der Waals surface area contributed by atoms with Crippen LogP contribution in [0.25, 0.3) is 6.08 Å². The highest BCUT2D eigenvalue weighted by atomic mass is 32.2. The Labute approximate surface area is 97.1 Å². The molecule has 16 heavy (non-hydrogen) atoms. The van der Waals surface area contributed by atoms with E-state index in [1.165, 1.54) is 0 Å². The van der Waals surface area contributed by atoms with Crippen LogP contribution in [-0.4, -0.2) is 18.2 Å². The molecule has 0 bridgehead atoms. The number of hydrogen-bond donors (Lipinski definition) is 2. The average molecular weight is 234 g/mol. The standard InChI is InChI=1S/C11H10N2O2S/c1-16-8-4-2-7(3-5-8)6-9-10(14)13-11(15)12-9/h2-6H,1H3,(H2,12,13,14,15)/b9-6-. The maximum absolute atomic E-state index is 11.2. The predicted octanol–water partition coefficient (Wildman–Crippen LogP) is 1.59. The molecule has 1 fully saturated rings. The monoisotopic (exact) mass is 234 g/mol. The molecule has 2 rings (SSSR count). The number of amides is 3. The summed E-state index contributed by atoms with van der Waals surface area (Å²) in [4.78, 5) is 23.3. The molecule has 4 nitrogen and oxygen atoms in total. The fourth-order valence-electron chi connectivity index (χ4n) is 1.35. The number of nitrogens with one attached hydrogen (secondary N) is 2. The molecule has 2 N–H and O–H groups in total. The van der Waals surface area contributed by atoms with E-state index in [1.54, 1.807) is 17.8 Å². The number of urea groups is 1. The van der Waals surface area contributed by atoms with Crippen LogP contribution in [0.5, 0.6) is 0 Å². The van der Waals surface area contributed by atoms with Crippen LogP contribution in [0.1, 0.15) is 5.56 Å². The molecule has 0 atom stereocenters. The summed E-state index contributed by atoms with van der Waals surface area (Å²) in [5, 5.41) is 4.59. The van der Waals surface area contributed by atoms with E-state index in [0.717, 1.165) is 10.5 Å². The normalized spacial score (nSPS) is 17.4. The number of imide groups is 1. The van der Waals surface area contributed by atoms with Gasteiger partial charge in [0.15, 0.2) is 0 Å². The van der Waals surface area contributed by atoms with Crippen LogP contribution in [0.15, 0.2) is 34.9 Å². The van der Waals surface area contributed by atoms with Crippen molar-refractivity contribution in [2.24, 2.45) is 0 Å². The minimum atomic E-state index is -0.475. The lowest BCUT2D eigenvalue weighted by atomic mass is 10.2. The van der Waals surface area contributed by atoms with E-state index in [0.29, 0.717) is 0 Å². The van der Waals surface area contributed by atoms with Crippen molar-refractivity contribution < 1.29 is 9.59 Å². The molecule has 0 aromatic heterocycles. The molecule has 1 aromatic rings. The fourth-order valence-corrected chi connectivity index (χ4v) is 1.76. The summed E-state index contributed by atoms with van der Waals surface area (Å²) in [6, 6.07) is 7.25. The summed E-state index contributed by atoms with van der Waals surface area (Å²) < 4.78 is 0. The van der Waals surface area contributed by atoms with Crippen molar-refractivity contribution in [3.8, 4) is 0 Å². The van der Waals surface area contributed by atoms with Crippen molar-refractivity contribution in [1.82, 2.24) is 10.6 Å². The topological polar surface area (TPSA) is 58.2 Å². The van der Waals surface area contributed by atoms with Gasteiger partial charge in [-0.1, -0.05) is 12.1 Å². The first-order valence-corrected chi connectivity index (χ1v) is 5.89. The number of rotatable bonds is 2. The van der Waals surface area contributed by atoms with E-state index >= 15 is 0 Å². The molecule has 82 valence electrons. The molecule has 0 unspecified atom stereocenters. The molecule has 1 aliphatic rings. The Morgan fingerprint density at radius 3 is 2.31 bits per heavy atom. The third-order valence-corrected chi connectivity index (χ3v) is 2.89. The summed E-state index contributed by atoms with van der Waals surface area (Å²) in [6.45, 7) is 0. The van der Waals surface area contributed by atoms with Crippen LogP contribution in [0.4, 0.5) is 4.79 Å². The maximum atomic E-state index is 11.2. The van der Waals surface area contributed by atoms with Crippen LogP contribution in [0, 0.1) is 0 Å². The third-order valence-electron chi connectivity index (χ3n) is 2.15. The summed E-state index contributed by atoms with van der Waals surface area (Å²) in [6.07, 6.45) is 3.64. The van der Waals surface area contributed by atoms with E-state index in [9.17, 15) is 9.59 Å². The van der Waals surface area contributed by atoms with Gasteiger partial charge in [0.1, 0.15) is 5.70 Å². The maximum Gasteiger partial charge on any atom is 0.326 e. The van der Waals surface area contributed by atoms with Gasteiger partial charge in [0, 0.05) is 4.90 Å². The predicted molar refractivity (Wildman–Crippen MR) is 62.9 cm³/mol. The van der Waals surface area contributed by atoms with Crippen molar-refractivity contribution >= 4 is 29.8 Å². The highest BCUT2D eigenvalue weighted by molar-refractivity contribution is 7.98. The second kappa shape index (κ2) is 4.40. The van der Waals surface area contributed by atoms with Gasteiger partial charge >= 0.3 is 6.03 Å². The molecule has 0 spiro atoms. The highest BCUT2D eigenvalue weighted by Crippen LogP contribution is 2.16. The van der Waals surface area contributed by atoms with Crippen LogP contribution in [0.2, 0.25) is 0 Å². The van der Waals surface area contributed by atoms with E-state index < -0.39 is 6.03 Å². The zero-order valence-electron chi connectivity index (χ0n) is 8.61. The minimum absolute atomic E-state index is 0.280. The number of benzene rings is 1. The SMILES string of the molecule is CSc1ccc(/C=C2\NC(=O)NC2=O)cc1. The van der Waals surface area contributed by atoms with Gasteiger partial charge in [-0.2, -0.15) is 0 Å². The van der Waals surface area contributed by atoms with Crippen molar-refractivity contribution in [1.29, 1.82) is 0 Å². The Hall–Kier alpha value is -1.75. The Morgan fingerprint density at radius 2 is 1.81 bits per heavy atom. The molecule has 1 aromatic carbocycles. The van der Waals surface area contributed by atoms with Gasteiger partial charge in [0.05, 0.1) is 0 Å². The Balaban J connectivity index is 2.22. The van der Waals surface area contributed by atoms with Crippen molar-refractivity contribution in [2.75, 3.05) is 6.26 Å². The first kappa shape index (κ1) is 10.8. The van der Waals surface area contributed by atoms with Gasteiger partial charge in [0.2, 0.25) is 0 Å². The van der Waals surface area contributed by atoms with Gasteiger partial charge in [0.25, 0.3) is 5.91 Å². The van der Waals surface area contributed by atoms with Gasteiger partial charge in [-0.25, -0.2) is 4.79 Å². The summed E-state index contributed by atoms with van der Waals surface area (Å²) in [7, 11) is 0. The van der Waals surface area contributed by atoms with Crippen LogP contribution < -0.4 is 10.6 Å². The van der Waals surface area contributed by atoms with Crippen LogP contribution in [0.3, 0.4) is 0 Å². The number of carbonyl (C=O) groups is 2. The Morgan fingerprint density at radius 1 is 1.12 bits per heavy atom. The molecule has 1 aliphatic heterocycles. The van der Waals surface area contributed by atoms with E-state index in [-0.39, 0.29) is 11.6 Å². The van der Waals surface area contributed by atoms with Crippen LogP contribution >= 0.6 is 11.8 Å². The van der Waals surface area contributed by atoms with Crippen LogP contribution in [-0.2, 0) is 4.79 Å². The molecule has 1 saturated heterocycles. The number of carbonyl (C=O) groups excluding carboxylic acids is 2. The minimum Gasteiger partial charge on any atom is -0.303 e. The summed E-state index contributed by atoms with van der Waals surface area (Å²) >= 11 is 1.65. The highest BCUT2D eigenvalue weighted by Gasteiger charge is 2.22. The van der Waals surface area contributed by atoms with E-state index in [1.807, 2.05) is 30.5 Å².